The molecule has 0 saturated carbocycles. The zero-order chi connectivity index (χ0) is 43.4. The molecule has 4 aromatic rings. The number of fused-ring (bicyclic) bond motifs is 4. The van der Waals surface area contributed by atoms with Gasteiger partial charge in [-0.15, -0.1) is 0 Å². The SMILES string of the molecule is Nc1nc2c(nc(SCC(=O)NCCOCCNC(=O)CSc3nc4c(=O)[nH]c(N)nc4n3[C@@H]3O[C@H]4CO[PH](O)(S)O[C@H]4[C@@H]3O)n2[C@@H]2OC3CO[PH](O)(S)O[C@H]3C2O)c(=O)[nH]1. The molecule has 8 atom stereocenters. The van der Waals surface area contributed by atoms with Crippen molar-refractivity contribution in [3.63, 3.8) is 0 Å². The van der Waals surface area contributed by atoms with Gasteiger partial charge in [0.25, 0.3) is 0 Å². The molecule has 4 saturated heterocycles. The number of imidazole rings is 2. The van der Waals surface area contributed by atoms with Crippen molar-refractivity contribution in [3.05, 3.63) is 20.7 Å². The third kappa shape index (κ3) is 9.48. The number of nitrogen functional groups attached to an aromatic ring is 2. The monoisotopic (exact) mass is 974 g/mol. The van der Waals surface area contributed by atoms with Crippen LogP contribution in [0.2, 0.25) is 0 Å². The summed E-state index contributed by atoms with van der Waals surface area (Å²) >= 11 is 9.88. The summed E-state index contributed by atoms with van der Waals surface area (Å²) in [6.07, 6.45) is -8.74. The fourth-order valence-corrected chi connectivity index (χ4v) is 11.9. The van der Waals surface area contributed by atoms with Gasteiger partial charge >= 0.3 is 358 Å². The van der Waals surface area contributed by atoms with Gasteiger partial charge in [0.05, 0.1) is 0 Å². The van der Waals surface area contributed by atoms with Crippen molar-refractivity contribution in [2.75, 3.05) is 62.5 Å². The first-order chi connectivity index (χ1) is 29.0. The Kier molecular flexibility index (Phi) is 13.1. The molecule has 0 aromatic carbocycles. The Labute approximate surface area is 361 Å². The van der Waals surface area contributed by atoms with E-state index in [0.29, 0.717) is 0 Å². The summed E-state index contributed by atoms with van der Waals surface area (Å²) in [4.78, 5) is 93.1. The standard InChI is InChI=1S/C28H40N12O15P2S4/c29-25-35-19-13(21(45)37-25)33-27(39(19)23-15(43)17-9(52-23)5-50-56(47,58)54-17)60-7-11(41)31-1-3-49-4-2-32-12(42)8-61-28-34-14-20(36-26(30)38-22(14)46)40(28)24-16(44)18-10(53-24)6-51-57(48,59)55-18/h9-10,15-18,23-24,43-44,47-48,56-59H,1-8H2,(H,31,41)(H,32,42)(H3,29,35,37,45)(H3,30,36,38,46)/t9-,10?,15-,16?,17+,18+,23+,24+/m0/s1. The first-order valence-corrected chi connectivity index (χ1v) is 26.2. The molecule has 12 N–H and O–H groups in total. The van der Waals surface area contributed by atoms with E-state index in [9.17, 15) is 39.2 Å². The Bertz CT molecular complexity index is 2280. The Hall–Kier alpha value is -2.94. The second kappa shape index (κ2) is 17.9. The number of amides is 2. The number of carbonyl (C=O) groups is 2. The van der Waals surface area contributed by atoms with Crippen molar-refractivity contribution in [2.24, 2.45) is 0 Å². The topological polar surface area (TPSA) is 383 Å². The molecule has 4 aromatic heterocycles. The Morgan fingerprint density at radius 1 is 0.770 bits per heavy atom. The number of aromatic amines is 2. The van der Waals surface area contributed by atoms with Gasteiger partial charge < -0.3 is 4.74 Å². The van der Waals surface area contributed by atoms with Crippen LogP contribution in [0.25, 0.3) is 22.3 Å². The van der Waals surface area contributed by atoms with Gasteiger partial charge in [0.2, 0.25) is 0 Å². The molecule has 8 rings (SSSR count). The molecular weight excluding hydrogens is 935 g/mol. The molecule has 0 spiro atoms. The van der Waals surface area contributed by atoms with Crippen LogP contribution in [-0.4, -0.2) is 158 Å². The number of H-pyrrole nitrogens is 2. The third-order valence-electron chi connectivity index (χ3n) is 9.45. The third-order valence-corrected chi connectivity index (χ3v) is 15.0. The van der Waals surface area contributed by atoms with Crippen molar-refractivity contribution < 1.29 is 61.9 Å². The minimum atomic E-state index is -3.80. The summed E-state index contributed by atoms with van der Waals surface area (Å²) in [6.45, 7) is 0.174. The molecule has 27 nitrogen and oxygen atoms in total. The second-order valence-electron chi connectivity index (χ2n) is 13.7. The van der Waals surface area contributed by atoms with Crippen molar-refractivity contribution in [1.29, 1.82) is 0 Å². The number of thioether (sulfide) groups is 2. The maximum absolute atomic E-state index is 12.8. The number of nitrogens with two attached hydrogens (primary N) is 2. The van der Waals surface area contributed by atoms with Crippen LogP contribution in [0.3, 0.4) is 0 Å². The van der Waals surface area contributed by atoms with E-state index in [1.807, 2.05) is 0 Å². The number of ether oxygens (including phenoxy) is 3. The van der Waals surface area contributed by atoms with Crippen LogP contribution in [0.5, 0.6) is 0 Å². The van der Waals surface area contributed by atoms with Crippen LogP contribution in [-0.2, 0) is 41.9 Å². The van der Waals surface area contributed by atoms with Gasteiger partial charge in [0.1, 0.15) is 0 Å². The van der Waals surface area contributed by atoms with E-state index >= 15 is 0 Å². The summed E-state index contributed by atoms with van der Waals surface area (Å²) in [5, 5.41) is 27.9. The van der Waals surface area contributed by atoms with Crippen molar-refractivity contribution in [2.45, 2.75) is 59.4 Å². The molecule has 2 unspecified atom stereocenters. The summed E-state index contributed by atoms with van der Waals surface area (Å²) in [5.74, 6) is -1.63. The van der Waals surface area contributed by atoms with Crippen LogP contribution in [0.1, 0.15) is 12.5 Å². The number of anilines is 2. The van der Waals surface area contributed by atoms with Crippen LogP contribution in [0, 0.1) is 0 Å². The average Bonchev–Trinajstić information content (AvgIpc) is 3.92. The molecule has 336 valence electrons. The minimum absolute atomic E-state index is 0.0117. The number of thiol groups is 2. The number of aliphatic hydroxyl groups is 2. The molecule has 0 bridgehead atoms. The fourth-order valence-electron chi connectivity index (χ4n) is 6.84. The number of nitrogens with one attached hydrogen (secondary N) is 4. The molecule has 0 radical (unpaired) electrons. The molecule has 8 heterocycles. The van der Waals surface area contributed by atoms with E-state index in [1.165, 1.54) is 9.13 Å². The molecule has 61 heavy (non-hydrogen) atoms. The van der Waals surface area contributed by atoms with Crippen LogP contribution in [0.15, 0.2) is 19.9 Å². The van der Waals surface area contributed by atoms with Crippen molar-refractivity contribution >= 4 is 108 Å². The van der Waals surface area contributed by atoms with Crippen LogP contribution >= 0.6 is 62.3 Å². The maximum atomic E-state index is 12.8. The fraction of sp³-hybridized carbons (Fsp3) is 0.571. The molecule has 2 amide bonds. The van der Waals surface area contributed by atoms with Crippen LogP contribution < -0.4 is 33.2 Å². The van der Waals surface area contributed by atoms with E-state index < -0.39 is 86.3 Å². The molecule has 4 fully saturated rings. The predicted octanol–water partition coefficient (Wildman–Crippen LogP) is -3.14. The van der Waals surface area contributed by atoms with Gasteiger partial charge in [-0.1, -0.05) is 0 Å². The van der Waals surface area contributed by atoms with Crippen molar-refractivity contribution in [1.82, 2.24) is 49.7 Å². The number of hydrogen-bond donors (Lipinski definition) is 12. The summed E-state index contributed by atoms with van der Waals surface area (Å²) in [6, 6.07) is 0. The zero-order valence-corrected chi connectivity index (χ0v) is 36.5. The first-order valence-electron chi connectivity index (χ1n) is 18.1. The Morgan fingerprint density at radius 3 is 1.59 bits per heavy atom. The van der Waals surface area contributed by atoms with Gasteiger partial charge in [-0.05, 0) is 0 Å². The number of rotatable bonds is 14. The molecule has 33 heteroatoms. The zero-order valence-electron chi connectivity index (χ0n) is 31.1. The van der Waals surface area contributed by atoms with Gasteiger partial charge in [-0.2, -0.15) is 0 Å². The number of aromatic nitrogens is 8. The van der Waals surface area contributed by atoms with Gasteiger partial charge in [-0.3, -0.25) is 0 Å². The number of hydrogen-bond acceptors (Lipinski definition) is 25. The predicted molar refractivity (Wildman–Crippen MR) is 224 cm³/mol. The normalized spacial score (nSPS) is 29.0. The Morgan fingerprint density at radius 2 is 1.18 bits per heavy atom. The van der Waals surface area contributed by atoms with Crippen LogP contribution in [0.4, 0.5) is 11.9 Å². The average molecular weight is 975 g/mol. The summed E-state index contributed by atoms with van der Waals surface area (Å²) in [7, 11) is -7.60. The molecule has 4 aliphatic rings. The van der Waals surface area contributed by atoms with Gasteiger partial charge in [-0.25, -0.2) is 0 Å². The number of carbonyl (C=O) groups excluding carboxylic acids is 2. The first kappa shape index (κ1) is 44.7. The van der Waals surface area contributed by atoms with Crippen molar-refractivity contribution in [3.8, 4) is 0 Å². The number of aliphatic hydroxyl groups excluding tert-OH is 2. The quantitative estimate of drug-likeness (QED) is 0.0257. The number of nitrogens with zero attached hydrogens (tertiary/aromatic N) is 6. The van der Waals surface area contributed by atoms with E-state index in [2.05, 4.69) is 65.0 Å². The van der Waals surface area contributed by atoms with E-state index in [1.54, 1.807) is 0 Å². The van der Waals surface area contributed by atoms with Gasteiger partial charge in [0.15, 0.2) is 0 Å². The van der Waals surface area contributed by atoms with E-state index in [4.69, 9.17) is 43.8 Å². The van der Waals surface area contributed by atoms with E-state index in [-0.39, 0.29) is 95.6 Å². The Balaban J connectivity index is 0.802. The summed E-state index contributed by atoms with van der Waals surface area (Å²) in [5.41, 5.74) is 10.0. The van der Waals surface area contributed by atoms with Gasteiger partial charge in [0, 0.05) is 0 Å². The molecule has 4 aliphatic heterocycles. The second-order valence-corrected chi connectivity index (χ2v) is 22.2. The summed E-state index contributed by atoms with van der Waals surface area (Å²) < 4.78 is 41.6. The molecular formula is C28H40N12O15P2S4. The molecule has 0 aliphatic carbocycles. The van der Waals surface area contributed by atoms with E-state index in [0.717, 1.165) is 23.5 Å².